The number of carbonyl (C=O) groups is 3. The second-order valence-corrected chi connectivity index (χ2v) is 12.4. The molecule has 0 bridgehead atoms. The molecule has 6 rings (SSSR count). The number of nitrogens with zero attached hydrogens (tertiary/aromatic N) is 2. The minimum atomic E-state index is -1.32. The van der Waals surface area contributed by atoms with Crippen LogP contribution in [0.2, 0.25) is 0 Å². The van der Waals surface area contributed by atoms with Crippen molar-refractivity contribution in [2.75, 3.05) is 7.11 Å². The lowest BCUT2D eigenvalue weighted by atomic mass is 9.66. The maximum atomic E-state index is 14.3. The Balaban J connectivity index is 1.36. The van der Waals surface area contributed by atoms with E-state index in [1.807, 2.05) is 105 Å². The minimum Gasteiger partial charge on any atom is -0.464 e. The first-order valence-electron chi connectivity index (χ1n) is 13.1. The summed E-state index contributed by atoms with van der Waals surface area (Å²) in [5, 5.41) is 3.78. The highest BCUT2D eigenvalue weighted by molar-refractivity contribution is 8.01. The molecule has 0 unspecified atom stereocenters. The Labute approximate surface area is 236 Å². The Morgan fingerprint density at radius 2 is 1.48 bits per heavy atom. The van der Waals surface area contributed by atoms with E-state index in [9.17, 15) is 14.4 Å². The standard InChI is InChI=1S/C31H29N3O5S/c1-30(2)25(27(36)39-22(19-13-7-4-8-14-19)20-15-9-5-10-16-20)34-28(37)31(29(34)40-30)23(21-17-11-6-12-18-21)32-33-24(31)26(35)38-3/h4-18,22-23,25,29,32H,1-3H3/t23-,25-,29+,31-/m0/s1. The summed E-state index contributed by atoms with van der Waals surface area (Å²) >= 11 is 1.48. The summed E-state index contributed by atoms with van der Waals surface area (Å²) in [6.45, 7) is 3.86. The molecule has 0 radical (unpaired) electrons. The van der Waals surface area contributed by atoms with Crippen LogP contribution in [0.15, 0.2) is 96.1 Å². The predicted molar refractivity (Wildman–Crippen MR) is 151 cm³/mol. The van der Waals surface area contributed by atoms with Gasteiger partial charge in [-0.15, -0.1) is 11.8 Å². The molecule has 3 aliphatic heterocycles. The van der Waals surface area contributed by atoms with Gasteiger partial charge in [0.15, 0.2) is 17.2 Å². The van der Waals surface area contributed by atoms with E-state index in [1.165, 1.54) is 18.9 Å². The van der Waals surface area contributed by atoms with Crippen LogP contribution in [0.5, 0.6) is 0 Å². The third-order valence-corrected chi connectivity index (χ3v) is 9.56. The normalized spacial score (nSPS) is 26.1. The number of β-lactam (4-membered cyclic amide) rings is 1. The zero-order valence-corrected chi connectivity index (χ0v) is 23.1. The summed E-state index contributed by atoms with van der Waals surface area (Å²) in [4.78, 5) is 42.8. The van der Waals surface area contributed by atoms with Crippen LogP contribution in [0.25, 0.3) is 0 Å². The number of hydrogen-bond acceptors (Lipinski definition) is 8. The maximum absolute atomic E-state index is 14.3. The molecule has 1 N–H and O–H groups in total. The third-order valence-electron chi connectivity index (χ3n) is 7.91. The van der Waals surface area contributed by atoms with Crippen LogP contribution in [0.4, 0.5) is 0 Å². The average molecular weight is 556 g/mol. The van der Waals surface area contributed by atoms with Crippen molar-refractivity contribution in [1.29, 1.82) is 0 Å². The number of hydrazone groups is 1. The Morgan fingerprint density at radius 1 is 0.925 bits per heavy atom. The SMILES string of the molecule is COC(=O)C1=NN[C@@H](c2ccccc2)[C@@]12C(=O)N1[C@@H](C(=O)OC(c3ccccc3)c3ccccc3)C(C)(C)S[C@@H]12. The van der Waals surface area contributed by atoms with Crippen molar-refractivity contribution < 1.29 is 23.9 Å². The topological polar surface area (TPSA) is 97.3 Å². The van der Waals surface area contributed by atoms with Crippen molar-refractivity contribution in [3.05, 3.63) is 108 Å². The summed E-state index contributed by atoms with van der Waals surface area (Å²) < 4.78 is 10.6. The first kappa shape index (κ1) is 26.1. The van der Waals surface area contributed by atoms with Crippen LogP contribution in [0, 0.1) is 5.41 Å². The van der Waals surface area contributed by atoms with Gasteiger partial charge in [0, 0.05) is 4.75 Å². The second-order valence-electron chi connectivity index (χ2n) is 10.6. The van der Waals surface area contributed by atoms with Crippen molar-refractivity contribution in [2.24, 2.45) is 10.5 Å². The van der Waals surface area contributed by atoms with Crippen molar-refractivity contribution >= 4 is 35.3 Å². The summed E-state index contributed by atoms with van der Waals surface area (Å²) in [6, 6.07) is 27.1. The molecule has 2 saturated heterocycles. The number of benzene rings is 3. The molecule has 0 aliphatic carbocycles. The van der Waals surface area contributed by atoms with E-state index in [2.05, 4.69) is 10.5 Å². The van der Waals surface area contributed by atoms with Crippen LogP contribution in [-0.2, 0) is 23.9 Å². The smallest absolute Gasteiger partial charge is 0.355 e. The van der Waals surface area contributed by atoms with E-state index in [0.717, 1.165) is 16.7 Å². The van der Waals surface area contributed by atoms with Gasteiger partial charge in [0.1, 0.15) is 11.4 Å². The molecule has 1 amide bonds. The van der Waals surface area contributed by atoms with Crippen LogP contribution in [0.3, 0.4) is 0 Å². The minimum absolute atomic E-state index is 0.0267. The molecule has 4 atom stereocenters. The molecule has 40 heavy (non-hydrogen) atoms. The molecule has 0 aromatic heterocycles. The lowest BCUT2D eigenvalue weighted by molar-refractivity contribution is -0.174. The highest BCUT2D eigenvalue weighted by Crippen LogP contribution is 2.64. The van der Waals surface area contributed by atoms with Crippen molar-refractivity contribution in [3.8, 4) is 0 Å². The van der Waals surface area contributed by atoms with Gasteiger partial charge in [0.05, 0.1) is 13.2 Å². The van der Waals surface area contributed by atoms with E-state index < -0.39 is 45.7 Å². The van der Waals surface area contributed by atoms with Gasteiger partial charge in [-0.3, -0.25) is 4.79 Å². The molecule has 8 nitrogen and oxygen atoms in total. The maximum Gasteiger partial charge on any atom is 0.355 e. The van der Waals surface area contributed by atoms with Gasteiger partial charge in [-0.25, -0.2) is 9.59 Å². The number of rotatable bonds is 6. The number of nitrogens with one attached hydrogen (secondary N) is 1. The monoisotopic (exact) mass is 555 g/mol. The van der Waals surface area contributed by atoms with Crippen LogP contribution < -0.4 is 5.43 Å². The zero-order chi connectivity index (χ0) is 28.1. The number of ether oxygens (including phenoxy) is 2. The first-order chi connectivity index (χ1) is 19.3. The van der Waals surface area contributed by atoms with E-state index in [-0.39, 0.29) is 11.6 Å². The average Bonchev–Trinajstić information content (AvgIpc) is 3.52. The molecule has 3 aliphatic rings. The van der Waals surface area contributed by atoms with Crippen molar-refractivity contribution in [1.82, 2.24) is 10.3 Å². The fraction of sp³-hybridized carbons (Fsp3) is 0.290. The highest BCUT2D eigenvalue weighted by atomic mass is 32.2. The lowest BCUT2D eigenvalue weighted by Gasteiger charge is -2.53. The van der Waals surface area contributed by atoms with Crippen molar-refractivity contribution in [3.63, 3.8) is 0 Å². The Morgan fingerprint density at radius 3 is 2.02 bits per heavy atom. The fourth-order valence-corrected chi connectivity index (χ4v) is 7.85. The van der Waals surface area contributed by atoms with E-state index in [1.54, 1.807) is 4.90 Å². The predicted octanol–water partition coefficient (Wildman–Crippen LogP) is 4.24. The number of fused-ring (bicyclic) bond motifs is 2. The number of amides is 1. The zero-order valence-electron chi connectivity index (χ0n) is 22.3. The van der Waals surface area contributed by atoms with E-state index >= 15 is 0 Å². The number of carbonyl (C=O) groups excluding carboxylic acids is 3. The number of hydrogen-bond donors (Lipinski definition) is 1. The molecule has 204 valence electrons. The summed E-state index contributed by atoms with van der Waals surface area (Å²) in [7, 11) is 1.27. The second kappa shape index (κ2) is 9.82. The molecule has 3 aromatic carbocycles. The highest BCUT2D eigenvalue weighted by Gasteiger charge is 2.78. The van der Waals surface area contributed by atoms with Gasteiger partial charge in [0.2, 0.25) is 5.91 Å². The largest absolute Gasteiger partial charge is 0.464 e. The fourth-order valence-electron chi connectivity index (χ4n) is 6.07. The molecule has 9 heteroatoms. The van der Waals surface area contributed by atoms with Gasteiger partial charge in [-0.2, -0.15) is 5.10 Å². The van der Waals surface area contributed by atoms with Crippen LogP contribution in [0.1, 0.15) is 42.7 Å². The molecular formula is C31H29N3O5S. The summed E-state index contributed by atoms with van der Waals surface area (Å²) in [6.07, 6.45) is -0.641. The van der Waals surface area contributed by atoms with Gasteiger partial charge in [0.25, 0.3) is 0 Å². The van der Waals surface area contributed by atoms with E-state index in [4.69, 9.17) is 9.47 Å². The van der Waals surface area contributed by atoms with Gasteiger partial charge in [-0.05, 0) is 30.5 Å². The number of methoxy groups -OCH3 is 1. The van der Waals surface area contributed by atoms with E-state index in [0.29, 0.717) is 0 Å². The van der Waals surface area contributed by atoms with Crippen LogP contribution >= 0.6 is 11.8 Å². The third kappa shape index (κ3) is 3.83. The van der Waals surface area contributed by atoms with Crippen molar-refractivity contribution in [2.45, 2.75) is 42.2 Å². The Bertz CT molecular complexity index is 1440. The van der Waals surface area contributed by atoms with Gasteiger partial charge < -0.3 is 19.8 Å². The molecule has 1 spiro atoms. The molecule has 0 saturated carbocycles. The van der Waals surface area contributed by atoms with Gasteiger partial charge in [-0.1, -0.05) is 91.0 Å². The Hall–Kier alpha value is -4.11. The lowest BCUT2D eigenvalue weighted by Crippen LogP contribution is -2.74. The molecule has 3 aromatic rings. The molecular weight excluding hydrogens is 526 g/mol. The summed E-state index contributed by atoms with van der Waals surface area (Å²) in [5.74, 6) is -1.52. The number of thioether (sulfide) groups is 1. The summed E-state index contributed by atoms with van der Waals surface area (Å²) in [5.41, 5.74) is 4.22. The Kier molecular flexibility index (Phi) is 6.41. The van der Waals surface area contributed by atoms with Crippen LogP contribution in [-0.4, -0.2) is 51.7 Å². The molecule has 2 fully saturated rings. The molecule has 3 heterocycles. The quantitative estimate of drug-likeness (QED) is 0.359. The number of esters is 2. The van der Waals surface area contributed by atoms with Gasteiger partial charge >= 0.3 is 11.9 Å². The first-order valence-corrected chi connectivity index (χ1v) is 14.0.